The first kappa shape index (κ1) is 20.8. The average molecular weight is 451 g/mol. The summed E-state index contributed by atoms with van der Waals surface area (Å²) in [6.07, 6.45) is 0. The van der Waals surface area contributed by atoms with E-state index in [0.717, 1.165) is 0 Å². The molecule has 31 heavy (non-hydrogen) atoms. The minimum absolute atomic E-state index is 0.0687. The maximum absolute atomic E-state index is 13.1. The van der Waals surface area contributed by atoms with Crippen LogP contribution in [0.5, 0.6) is 0 Å². The molecule has 0 unspecified atom stereocenters. The van der Waals surface area contributed by atoms with Gasteiger partial charge in [-0.25, -0.2) is 4.98 Å². The summed E-state index contributed by atoms with van der Waals surface area (Å²) in [6, 6.07) is 17.9. The highest BCUT2D eigenvalue weighted by molar-refractivity contribution is 7.99. The van der Waals surface area contributed by atoms with Crippen LogP contribution in [0.3, 0.4) is 0 Å². The van der Waals surface area contributed by atoms with Crippen LogP contribution in [0.4, 0.5) is 11.4 Å². The van der Waals surface area contributed by atoms with Crippen molar-refractivity contribution in [1.82, 2.24) is 9.55 Å². The molecule has 0 bridgehead atoms. The first-order chi connectivity index (χ1) is 15.0. The van der Waals surface area contributed by atoms with Gasteiger partial charge in [0.05, 0.1) is 17.0 Å². The minimum Gasteiger partial charge on any atom is -0.326 e. The van der Waals surface area contributed by atoms with Crippen LogP contribution in [0.25, 0.3) is 15.9 Å². The average Bonchev–Trinajstić information content (AvgIpc) is 3.22. The molecule has 4 aromatic rings. The predicted octanol–water partition coefficient (Wildman–Crippen LogP) is 4.14. The third-order valence-electron chi connectivity index (χ3n) is 4.26. The van der Waals surface area contributed by atoms with Gasteiger partial charge in [0, 0.05) is 18.3 Å². The van der Waals surface area contributed by atoms with Crippen molar-refractivity contribution in [2.75, 3.05) is 16.4 Å². The van der Waals surface area contributed by atoms with E-state index in [1.54, 1.807) is 30.3 Å². The Morgan fingerprint density at radius 1 is 1.03 bits per heavy atom. The fourth-order valence-corrected chi connectivity index (χ4v) is 4.57. The van der Waals surface area contributed by atoms with Gasteiger partial charge in [-0.15, -0.1) is 11.3 Å². The van der Waals surface area contributed by atoms with E-state index in [0.29, 0.717) is 32.4 Å². The Morgan fingerprint density at radius 3 is 2.52 bits per heavy atom. The van der Waals surface area contributed by atoms with Crippen molar-refractivity contribution in [3.8, 4) is 5.69 Å². The molecule has 0 spiro atoms. The molecule has 2 heterocycles. The minimum atomic E-state index is -0.246. The summed E-state index contributed by atoms with van der Waals surface area (Å²) >= 11 is 2.54. The summed E-state index contributed by atoms with van der Waals surface area (Å²) in [5.41, 5.74) is 2.32. The van der Waals surface area contributed by atoms with Crippen molar-refractivity contribution >= 4 is 56.5 Å². The highest BCUT2D eigenvalue weighted by atomic mass is 32.2. The first-order valence-corrected chi connectivity index (χ1v) is 11.2. The summed E-state index contributed by atoms with van der Waals surface area (Å²) < 4.78 is 2.11. The molecule has 0 saturated heterocycles. The van der Waals surface area contributed by atoms with E-state index in [4.69, 9.17) is 0 Å². The number of nitrogens with zero attached hydrogens (tertiary/aromatic N) is 2. The SMILES string of the molecule is CC(=O)Nc1cccc(NC(=O)CSc2nc3ccsc3c(=O)n2-c2ccccc2)c1. The standard InChI is InChI=1S/C22H18N4O3S2/c1-14(27)23-15-6-5-7-16(12-15)24-19(28)13-31-22-25-18-10-11-30-20(18)21(29)26(22)17-8-3-2-4-9-17/h2-12H,13H2,1H3,(H,23,27)(H,24,28). The van der Waals surface area contributed by atoms with Crippen LogP contribution in [0.1, 0.15) is 6.92 Å². The molecule has 9 heteroatoms. The maximum atomic E-state index is 13.1. The third-order valence-corrected chi connectivity index (χ3v) is 6.09. The first-order valence-electron chi connectivity index (χ1n) is 9.37. The number of benzene rings is 2. The zero-order valence-electron chi connectivity index (χ0n) is 16.5. The number of hydrogen-bond donors (Lipinski definition) is 2. The molecule has 0 aliphatic heterocycles. The smallest absolute Gasteiger partial charge is 0.276 e. The Bertz CT molecular complexity index is 1320. The number of rotatable bonds is 6. The summed E-state index contributed by atoms with van der Waals surface area (Å²) in [5.74, 6) is -0.365. The molecule has 2 amide bonds. The summed E-state index contributed by atoms with van der Waals surface area (Å²) in [5, 5.41) is 7.77. The molecule has 2 aromatic carbocycles. The Hall–Kier alpha value is -3.43. The monoisotopic (exact) mass is 450 g/mol. The lowest BCUT2D eigenvalue weighted by atomic mass is 10.2. The number of amides is 2. The lowest BCUT2D eigenvalue weighted by molar-refractivity contribution is -0.114. The van der Waals surface area contributed by atoms with Crippen molar-refractivity contribution < 1.29 is 9.59 Å². The van der Waals surface area contributed by atoms with Gasteiger partial charge in [-0.1, -0.05) is 36.0 Å². The van der Waals surface area contributed by atoms with E-state index in [9.17, 15) is 14.4 Å². The van der Waals surface area contributed by atoms with Crippen molar-refractivity contribution in [3.05, 3.63) is 76.4 Å². The normalized spacial score (nSPS) is 10.7. The Labute approximate surface area is 186 Å². The molecule has 4 rings (SSSR count). The third kappa shape index (κ3) is 4.84. The van der Waals surface area contributed by atoms with Gasteiger partial charge in [0.15, 0.2) is 5.16 Å². The van der Waals surface area contributed by atoms with Gasteiger partial charge < -0.3 is 10.6 Å². The van der Waals surface area contributed by atoms with E-state index in [2.05, 4.69) is 15.6 Å². The second kappa shape index (κ2) is 9.15. The van der Waals surface area contributed by atoms with Crippen molar-refractivity contribution in [3.63, 3.8) is 0 Å². The zero-order chi connectivity index (χ0) is 21.8. The van der Waals surface area contributed by atoms with Gasteiger partial charge in [-0.3, -0.25) is 19.0 Å². The molecule has 2 N–H and O–H groups in total. The maximum Gasteiger partial charge on any atom is 0.276 e. The van der Waals surface area contributed by atoms with E-state index in [-0.39, 0.29) is 23.1 Å². The van der Waals surface area contributed by atoms with Crippen LogP contribution in [0, 0.1) is 0 Å². The van der Waals surface area contributed by atoms with Crippen LogP contribution in [-0.4, -0.2) is 27.1 Å². The molecule has 156 valence electrons. The number of nitrogens with one attached hydrogen (secondary N) is 2. The number of hydrogen-bond acceptors (Lipinski definition) is 6. The lowest BCUT2D eigenvalue weighted by Crippen LogP contribution is -2.22. The molecule has 0 fully saturated rings. The molecule has 0 aliphatic carbocycles. The second-order valence-corrected chi connectivity index (χ2v) is 8.46. The molecule has 0 saturated carbocycles. The Kier molecular flexibility index (Phi) is 6.15. The molecule has 7 nitrogen and oxygen atoms in total. The van der Waals surface area contributed by atoms with Crippen molar-refractivity contribution in [1.29, 1.82) is 0 Å². The molecule has 0 aliphatic rings. The summed E-state index contributed by atoms with van der Waals surface area (Å²) in [6.45, 7) is 1.42. The van der Waals surface area contributed by atoms with Crippen LogP contribution >= 0.6 is 23.1 Å². The van der Waals surface area contributed by atoms with E-state index < -0.39 is 0 Å². The van der Waals surface area contributed by atoms with Crippen molar-refractivity contribution in [2.24, 2.45) is 0 Å². The van der Waals surface area contributed by atoms with Gasteiger partial charge >= 0.3 is 0 Å². The number of fused-ring (bicyclic) bond motifs is 1. The number of para-hydroxylation sites is 1. The van der Waals surface area contributed by atoms with Crippen molar-refractivity contribution in [2.45, 2.75) is 12.1 Å². The van der Waals surface area contributed by atoms with Gasteiger partial charge in [0.25, 0.3) is 5.56 Å². The number of thiophene rings is 1. The Morgan fingerprint density at radius 2 is 1.77 bits per heavy atom. The van der Waals surface area contributed by atoms with Crippen LogP contribution in [0.15, 0.2) is 76.0 Å². The second-order valence-electron chi connectivity index (χ2n) is 6.60. The van der Waals surface area contributed by atoms with Crippen LogP contribution in [0.2, 0.25) is 0 Å². The lowest BCUT2D eigenvalue weighted by Gasteiger charge is -2.12. The Balaban J connectivity index is 1.56. The largest absolute Gasteiger partial charge is 0.326 e. The fourth-order valence-electron chi connectivity index (χ4n) is 3.00. The number of aromatic nitrogens is 2. The van der Waals surface area contributed by atoms with E-state index in [1.165, 1.54) is 34.6 Å². The van der Waals surface area contributed by atoms with E-state index >= 15 is 0 Å². The van der Waals surface area contributed by atoms with Gasteiger partial charge in [-0.05, 0) is 41.8 Å². The molecular weight excluding hydrogens is 432 g/mol. The van der Waals surface area contributed by atoms with Gasteiger partial charge in [-0.2, -0.15) is 0 Å². The van der Waals surface area contributed by atoms with Gasteiger partial charge in [0.2, 0.25) is 11.8 Å². The molecule has 0 atom stereocenters. The van der Waals surface area contributed by atoms with Crippen LogP contribution < -0.4 is 16.2 Å². The topological polar surface area (TPSA) is 93.1 Å². The number of anilines is 2. The van der Waals surface area contributed by atoms with E-state index in [1.807, 2.05) is 35.7 Å². The number of thioether (sulfide) groups is 1. The number of carbonyl (C=O) groups is 2. The number of carbonyl (C=O) groups excluding carboxylic acids is 2. The summed E-state index contributed by atoms with van der Waals surface area (Å²) in [7, 11) is 0. The molecule has 2 aromatic heterocycles. The molecular formula is C22H18N4O3S2. The summed E-state index contributed by atoms with van der Waals surface area (Å²) in [4.78, 5) is 41.4. The highest BCUT2D eigenvalue weighted by Gasteiger charge is 2.15. The quantitative estimate of drug-likeness (QED) is 0.340. The predicted molar refractivity (Wildman–Crippen MR) is 125 cm³/mol. The van der Waals surface area contributed by atoms with Crippen LogP contribution in [-0.2, 0) is 9.59 Å². The fraction of sp³-hybridized carbons (Fsp3) is 0.0909. The van der Waals surface area contributed by atoms with Gasteiger partial charge in [0.1, 0.15) is 4.70 Å². The molecule has 0 radical (unpaired) electrons. The zero-order valence-corrected chi connectivity index (χ0v) is 18.1. The highest BCUT2D eigenvalue weighted by Crippen LogP contribution is 2.24.